The van der Waals surface area contributed by atoms with Crippen LogP contribution in [0.25, 0.3) is 0 Å². The van der Waals surface area contributed by atoms with Crippen molar-refractivity contribution in [3.63, 3.8) is 0 Å². The van der Waals surface area contributed by atoms with Crippen molar-refractivity contribution in [3.05, 3.63) is 15.9 Å². The first kappa shape index (κ1) is 13.6. The number of thioether (sulfide) groups is 1. The summed E-state index contributed by atoms with van der Waals surface area (Å²) in [5, 5.41) is 4.39. The number of ether oxygens (including phenoxy) is 1. The molecule has 1 heterocycles. The van der Waals surface area contributed by atoms with E-state index in [4.69, 9.17) is 0 Å². The minimum atomic E-state index is -0.194. The van der Waals surface area contributed by atoms with Gasteiger partial charge in [0.2, 0.25) is 0 Å². The van der Waals surface area contributed by atoms with Crippen LogP contribution in [-0.4, -0.2) is 28.6 Å². The number of hydrogen-bond acceptors (Lipinski definition) is 4. The summed E-state index contributed by atoms with van der Waals surface area (Å²) in [6, 6.07) is 0. The second-order valence-corrected chi connectivity index (χ2v) is 5.01. The normalized spacial score (nSPS) is 10.5. The largest absolute Gasteiger partial charge is 0.468 e. The van der Waals surface area contributed by atoms with Crippen LogP contribution in [0.5, 0.6) is 0 Å². The second-order valence-electron chi connectivity index (χ2n) is 3.23. The monoisotopic (exact) mass is 306 g/mol. The van der Waals surface area contributed by atoms with Gasteiger partial charge in [0, 0.05) is 12.3 Å². The van der Waals surface area contributed by atoms with E-state index < -0.39 is 0 Å². The van der Waals surface area contributed by atoms with Crippen LogP contribution in [0.4, 0.5) is 0 Å². The third kappa shape index (κ3) is 3.25. The summed E-state index contributed by atoms with van der Waals surface area (Å²) in [6.45, 7) is 4.85. The highest BCUT2D eigenvalue weighted by atomic mass is 79.9. The van der Waals surface area contributed by atoms with E-state index in [1.54, 1.807) is 0 Å². The predicted octanol–water partition coefficient (Wildman–Crippen LogP) is 2.38. The van der Waals surface area contributed by atoms with Crippen molar-refractivity contribution < 1.29 is 9.53 Å². The number of hydrogen-bond donors (Lipinski definition) is 0. The van der Waals surface area contributed by atoms with Gasteiger partial charge >= 0.3 is 5.97 Å². The van der Waals surface area contributed by atoms with E-state index in [1.807, 2.05) is 18.5 Å². The average molecular weight is 307 g/mol. The Morgan fingerprint density at radius 3 is 2.88 bits per heavy atom. The number of esters is 1. The first-order chi connectivity index (χ1) is 7.60. The molecule has 0 amide bonds. The molecule has 1 aromatic heterocycles. The molecule has 0 atom stereocenters. The molecule has 1 aromatic rings. The number of aryl methyl sites for hydroxylation is 2. The molecule has 4 nitrogen and oxygen atoms in total. The molecule has 0 N–H and O–H groups in total. The van der Waals surface area contributed by atoms with Gasteiger partial charge in [-0.25, -0.2) is 0 Å². The van der Waals surface area contributed by atoms with Crippen molar-refractivity contribution in [1.82, 2.24) is 9.78 Å². The molecule has 0 fully saturated rings. The number of methoxy groups -OCH3 is 1. The maximum Gasteiger partial charge on any atom is 0.315 e. The van der Waals surface area contributed by atoms with Gasteiger partial charge in [-0.2, -0.15) is 5.10 Å². The van der Waals surface area contributed by atoms with Crippen LogP contribution in [-0.2, 0) is 21.8 Å². The minimum absolute atomic E-state index is 0.194. The van der Waals surface area contributed by atoms with Crippen LogP contribution in [0.15, 0.2) is 4.47 Å². The number of carbonyl (C=O) groups excluding carboxylic acids is 1. The van der Waals surface area contributed by atoms with Crippen LogP contribution in [0.1, 0.15) is 18.3 Å². The van der Waals surface area contributed by atoms with Crippen molar-refractivity contribution in [2.45, 2.75) is 26.1 Å². The molecule has 0 radical (unpaired) electrons. The third-order valence-corrected chi connectivity index (χ3v) is 4.09. The van der Waals surface area contributed by atoms with Crippen LogP contribution in [0.2, 0.25) is 0 Å². The van der Waals surface area contributed by atoms with Gasteiger partial charge in [-0.1, -0.05) is 0 Å². The van der Waals surface area contributed by atoms with Gasteiger partial charge in [-0.3, -0.25) is 9.48 Å². The van der Waals surface area contributed by atoms with Gasteiger partial charge in [0.05, 0.1) is 28.7 Å². The van der Waals surface area contributed by atoms with E-state index in [9.17, 15) is 4.79 Å². The predicted molar refractivity (Wildman–Crippen MR) is 68.5 cm³/mol. The highest BCUT2D eigenvalue weighted by Crippen LogP contribution is 2.25. The summed E-state index contributed by atoms with van der Waals surface area (Å²) in [5.74, 6) is 0.932. The van der Waals surface area contributed by atoms with Gasteiger partial charge in [-0.15, -0.1) is 11.8 Å². The van der Waals surface area contributed by atoms with Crippen molar-refractivity contribution in [3.8, 4) is 0 Å². The molecule has 0 spiro atoms. The molecular weight excluding hydrogens is 292 g/mol. The fourth-order valence-electron chi connectivity index (χ4n) is 1.30. The molecule has 16 heavy (non-hydrogen) atoms. The standard InChI is InChI=1S/C10H15BrN2O2S/c1-4-13-8(10(11)7(2)12-13)5-16-6-9(14)15-3/h4-6H2,1-3H3. The van der Waals surface area contributed by atoms with Crippen LogP contribution >= 0.6 is 27.7 Å². The van der Waals surface area contributed by atoms with Gasteiger partial charge in [-0.05, 0) is 29.8 Å². The summed E-state index contributed by atoms with van der Waals surface area (Å²) in [7, 11) is 1.40. The van der Waals surface area contributed by atoms with E-state index in [0.29, 0.717) is 5.75 Å². The Bertz CT molecular complexity index is 379. The lowest BCUT2D eigenvalue weighted by Gasteiger charge is -2.04. The quantitative estimate of drug-likeness (QED) is 0.784. The maximum absolute atomic E-state index is 11.0. The summed E-state index contributed by atoms with van der Waals surface area (Å²) in [6.07, 6.45) is 0. The number of nitrogens with zero attached hydrogens (tertiary/aromatic N) is 2. The Morgan fingerprint density at radius 2 is 2.31 bits per heavy atom. The molecule has 0 aliphatic rings. The van der Waals surface area contributed by atoms with Gasteiger partial charge in [0.15, 0.2) is 0 Å². The number of aromatic nitrogens is 2. The highest BCUT2D eigenvalue weighted by molar-refractivity contribution is 9.10. The fraction of sp³-hybridized carbons (Fsp3) is 0.600. The highest BCUT2D eigenvalue weighted by Gasteiger charge is 2.12. The fourth-order valence-corrected chi connectivity index (χ4v) is 2.78. The van der Waals surface area contributed by atoms with E-state index in [0.717, 1.165) is 28.2 Å². The second kappa shape index (κ2) is 6.30. The van der Waals surface area contributed by atoms with Crippen LogP contribution in [0.3, 0.4) is 0 Å². The smallest absolute Gasteiger partial charge is 0.315 e. The van der Waals surface area contributed by atoms with Crippen molar-refractivity contribution in [2.24, 2.45) is 0 Å². The Morgan fingerprint density at radius 1 is 1.62 bits per heavy atom. The summed E-state index contributed by atoms with van der Waals surface area (Å²) in [4.78, 5) is 11.0. The molecule has 0 saturated heterocycles. The van der Waals surface area contributed by atoms with E-state index in [1.165, 1.54) is 18.9 Å². The lowest BCUT2D eigenvalue weighted by molar-refractivity contribution is -0.137. The molecule has 6 heteroatoms. The first-order valence-electron chi connectivity index (χ1n) is 4.96. The van der Waals surface area contributed by atoms with Crippen molar-refractivity contribution in [2.75, 3.05) is 12.9 Å². The lowest BCUT2D eigenvalue weighted by Crippen LogP contribution is -2.06. The first-order valence-corrected chi connectivity index (χ1v) is 6.91. The van der Waals surface area contributed by atoms with E-state index >= 15 is 0 Å². The molecule has 0 unspecified atom stereocenters. The van der Waals surface area contributed by atoms with Gasteiger partial charge in [0.25, 0.3) is 0 Å². The molecule has 0 aromatic carbocycles. The Balaban J connectivity index is 2.62. The Kier molecular flexibility index (Phi) is 5.34. The van der Waals surface area contributed by atoms with E-state index in [-0.39, 0.29) is 5.97 Å². The van der Waals surface area contributed by atoms with Gasteiger partial charge in [0.1, 0.15) is 0 Å². The van der Waals surface area contributed by atoms with Gasteiger partial charge < -0.3 is 4.74 Å². The third-order valence-electron chi connectivity index (χ3n) is 2.14. The lowest BCUT2D eigenvalue weighted by atomic mass is 10.4. The van der Waals surface area contributed by atoms with Crippen LogP contribution in [0, 0.1) is 6.92 Å². The van der Waals surface area contributed by atoms with E-state index in [2.05, 4.69) is 25.8 Å². The number of rotatable bonds is 5. The summed E-state index contributed by atoms with van der Waals surface area (Å²) >= 11 is 5.04. The SMILES string of the molecule is CCn1nc(C)c(Br)c1CSCC(=O)OC. The Labute approximate surface area is 108 Å². The van der Waals surface area contributed by atoms with Crippen molar-refractivity contribution >= 4 is 33.7 Å². The molecular formula is C10H15BrN2O2S. The molecule has 0 saturated carbocycles. The average Bonchev–Trinajstić information content (AvgIpc) is 2.56. The molecule has 0 bridgehead atoms. The minimum Gasteiger partial charge on any atom is -0.468 e. The zero-order valence-corrected chi connectivity index (χ0v) is 12.0. The van der Waals surface area contributed by atoms with Crippen LogP contribution < -0.4 is 0 Å². The topological polar surface area (TPSA) is 44.1 Å². The molecule has 1 rings (SSSR count). The molecule has 90 valence electrons. The molecule has 0 aliphatic heterocycles. The summed E-state index contributed by atoms with van der Waals surface area (Å²) < 4.78 is 7.57. The maximum atomic E-state index is 11.0. The van der Waals surface area contributed by atoms with Crippen molar-refractivity contribution in [1.29, 1.82) is 0 Å². The number of carbonyl (C=O) groups is 1. The summed E-state index contributed by atoms with van der Waals surface area (Å²) in [5.41, 5.74) is 2.10. The molecule has 0 aliphatic carbocycles. The number of halogens is 1. The zero-order chi connectivity index (χ0) is 12.1. The zero-order valence-electron chi connectivity index (χ0n) is 9.62. The Hall–Kier alpha value is -0.490.